The number of hydrogen-bond acceptors (Lipinski definition) is 2. The molecule has 1 rings (SSSR count). The second kappa shape index (κ2) is 6.17. The summed E-state index contributed by atoms with van der Waals surface area (Å²) in [6.45, 7) is 3.91. The van der Waals surface area contributed by atoms with Gasteiger partial charge in [-0.15, -0.1) is 0 Å². The minimum absolute atomic E-state index is 0.132. The van der Waals surface area contributed by atoms with Crippen molar-refractivity contribution < 1.29 is 4.74 Å². The van der Waals surface area contributed by atoms with E-state index in [2.05, 4.69) is 40.3 Å². The molecule has 1 N–H and O–H groups in total. The molecule has 1 aromatic rings. The predicted octanol–water partition coefficient (Wildman–Crippen LogP) is 2.75. The van der Waals surface area contributed by atoms with Crippen molar-refractivity contribution in [2.45, 2.75) is 13.0 Å². The molecule has 3 heteroatoms. The predicted molar refractivity (Wildman–Crippen MR) is 62.4 cm³/mol. The van der Waals surface area contributed by atoms with Gasteiger partial charge in [-0.1, -0.05) is 35.0 Å². The van der Waals surface area contributed by atoms with Gasteiger partial charge in [0.15, 0.2) is 0 Å². The van der Waals surface area contributed by atoms with Gasteiger partial charge in [-0.2, -0.15) is 0 Å². The van der Waals surface area contributed by atoms with E-state index in [0.29, 0.717) is 0 Å². The van der Waals surface area contributed by atoms with E-state index >= 15 is 0 Å². The minimum Gasteiger partial charge on any atom is -0.375 e. The van der Waals surface area contributed by atoms with Gasteiger partial charge in [-0.25, -0.2) is 0 Å². The van der Waals surface area contributed by atoms with Gasteiger partial charge in [-0.05, 0) is 24.2 Å². The van der Waals surface area contributed by atoms with Gasteiger partial charge in [0.05, 0.1) is 6.10 Å². The fourth-order valence-electron chi connectivity index (χ4n) is 1.32. The highest BCUT2D eigenvalue weighted by Crippen LogP contribution is 2.19. The molecule has 0 aromatic heterocycles. The standard InChI is InChI=1S/C11H16BrNO/c1-3-13-8-11(14-2)9-5-4-6-10(12)7-9/h4-7,11,13H,3,8H2,1-2H3. The first-order valence-corrected chi connectivity index (χ1v) is 5.56. The van der Waals surface area contributed by atoms with Crippen LogP contribution < -0.4 is 5.32 Å². The van der Waals surface area contributed by atoms with Gasteiger partial charge in [-0.3, -0.25) is 0 Å². The minimum atomic E-state index is 0.132. The molecule has 0 amide bonds. The quantitative estimate of drug-likeness (QED) is 0.876. The van der Waals surface area contributed by atoms with Crippen LogP contribution >= 0.6 is 15.9 Å². The summed E-state index contributed by atoms with van der Waals surface area (Å²) in [5.41, 5.74) is 1.20. The van der Waals surface area contributed by atoms with E-state index in [-0.39, 0.29) is 6.10 Å². The number of nitrogens with one attached hydrogen (secondary N) is 1. The van der Waals surface area contributed by atoms with E-state index in [9.17, 15) is 0 Å². The fourth-order valence-corrected chi connectivity index (χ4v) is 1.74. The lowest BCUT2D eigenvalue weighted by Crippen LogP contribution is -2.22. The van der Waals surface area contributed by atoms with Crippen LogP contribution in [-0.2, 0) is 4.74 Å². The Morgan fingerprint density at radius 2 is 2.29 bits per heavy atom. The van der Waals surface area contributed by atoms with E-state index in [1.54, 1.807) is 7.11 Å². The van der Waals surface area contributed by atoms with Crippen LogP contribution in [0.2, 0.25) is 0 Å². The van der Waals surface area contributed by atoms with Crippen LogP contribution in [0.15, 0.2) is 28.7 Å². The molecular weight excluding hydrogens is 242 g/mol. The van der Waals surface area contributed by atoms with Crippen LogP contribution in [-0.4, -0.2) is 20.2 Å². The maximum absolute atomic E-state index is 5.41. The summed E-state index contributed by atoms with van der Waals surface area (Å²) in [6.07, 6.45) is 0.132. The smallest absolute Gasteiger partial charge is 0.0945 e. The van der Waals surface area contributed by atoms with Crippen LogP contribution in [0.3, 0.4) is 0 Å². The van der Waals surface area contributed by atoms with Gasteiger partial charge in [0.1, 0.15) is 0 Å². The lowest BCUT2D eigenvalue weighted by Gasteiger charge is -2.16. The largest absolute Gasteiger partial charge is 0.375 e. The van der Waals surface area contributed by atoms with Crippen LogP contribution in [0.4, 0.5) is 0 Å². The average Bonchev–Trinajstić information content (AvgIpc) is 2.19. The highest BCUT2D eigenvalue weighted by atomic mass is 79.9. The zero-order valence-electron chi connectivity index (χ0n) is 8.59. The first-order chi connectivity index (χ1) is 6.77. The van der Waals surface area contributed by atoms with Crippen molar-refractivity contribution in [3.63, 3.8) is 0 Å². The maximum Gasteiger partial charge on any atom is 0.0945 e. The van der Waals surface area contributed by atoms with Crippen molar-refractivity contribution >= 4 is 15.9 Å². The molecule has 0 saturated heterocycles. The van der Waals surface area contributed by atoms with Crippen LogP contribution in [0.5, 0.6) is 0 Å². The van der Waals surface area contributed by atoms with Gasteiger partial charge in [0.2, 0.25) is 0 Å². The summed E-state index contributed by atoms with van der Waals surface area (Å²) in [5, 5.41) is 3.28. The Morgan fingerprint density at radius 3 is 2.86 bits per heavy atom. The lowest BCUT2D eigenvalue weighted by molar-refractivity contribution is 0.103. The number of methoxy groups -OCH3 is 1. The molecule has 0 aliphatic rings. The number of likely N-dealkylation sites (N-methyl/N-ethyl adjacent to an activating group) is 1. The van der Waals surface area contributed by atoms with Crippen LogP contribution in [0.1, 0.15) is 18.6 Å². The van der Waals surface area contributed by atoms with E-state index in [0.717, 1.165) is 17.6 Å². The molecule has 0 bridgehead atoms. The highest BCUT2D eigenvalue weighted by Gasteiger charge is 2.09. The lowest BCUT2D eigenvalue weighted by atomic mass is 10.1. The third-order valence-corrected chi connectivity index (χ3v) is 2.58. The van der Waals surface area contributed by atoms with Crippen LogP contribution in [0, 0.1) is 0 Å². The number of halogens is 1. The van der Waals surface area contributed by atoms with Gasteiger partial charge >= 0.3 is 0 Å². The van der Waals surface area contributed by atoms with Gasteiger partial charge in [0, 0.05) is 18.1 Å². The molecule has 2 nitrogen and oxygen atoms in total. The Bertz CT molecular complexity index is 278. The summed E-state index contributed by atoms with van der Waals surface area (Å²) in [4.78, 5) is 0. The summed E-state index contributed by atoms with van der Waals surface area (Å²) in [7, 11) is 1.74. The molecule has 78 valence electrons. The second-order valence-electron chi connectivity index (χ2n) is 3.09. The third-order valence-electron chi connectivity index (χ3n) is 2.08. The van der Waals surface area contributed by atoms with Crippen molar-refractivity contribution in [2.75, 3.05) is 20.2 Å². The zero-order valence-corrected chi connectivity index (χ0v) is 10.2. The van der Waals surface area contributed by atoms with Crippen molar-refractivity contribution in [1.82, 2.24) is 5.32 Å². The molecule has 1 atom stereocenters. The molecule has 0 aliphatic carbocycles. The third kappa shape index (κ3) is 3.40. The monoisotopic (exact) mass is 257 g/mol. The number of ether oxygens (including phenoxy) is 1. The summed E-state index contributed by atoms with van der Waals surface area (Å²) < 4.78 is 6.50. The Balaban J connectivity index is 2.68. The first kappa shape index (κ1) is 11.7. The molecule has 1 unspecified atom stereocenters. The van der Waals surface area contributed by atoms with Gasteiger partial charge in [0.25, 0.3) is 0 Å². The van der Waals surface area contributed by atoms with E-state index in [1.165, 1.54) is 5.56 Å². The van der Waals surface area contributed by atoms with Gasteiger partial charge < -0.3 is 10.1 Å². The molecule has 1 aromatic carbocycles. The fraction of sp³-hybridized carbons (Fsp3) is 0.455. The van der Waals surface area contributed by atoms with E-state index in [1.807, 2.05) is 12.1 Å². The van der Waals surface area contributed by atoms with Crippen molar-refractivity contribution in [2.24, 2.45) is 0 Å². The van der Waals surface area contributed by atoms with E-state index in [4.69, 9.17) is 4.74 Å². The summed E-state index contributed by atoms with van der Waals surface area (Å²) in [6, 6.07) is 8.21. The maximum atomic E-state index is 5.41. The second-order valence-corrected chi connectivity index (χ2v) is 4.00. The van der Waals surface area contributed by atoms with E-state index < -0.39 is 0 Å². The Labute approximate surface area is 93.8 Å². The number of benzene rings is 1. The molecular formula is C11H16BrNO. The Hall–Kier alpha value is -0.380. The molecule has 0 fully saturated rings. The molecule has 0 radical (unpaired) electrons. The molecule has 14 heavy (non-hydrogen) atoms. The topological polar surface area (TPSA) is 21.3 Å². The van der Waals surface area contributed by atoms with Crippen molar-refractivity contribution in [3.8, 4) is 0 Å². The van der Waals surface area contributed by atoms with Crippen LogP contribution in [0.25, 0.3) is 0 Å². The summed E-state index contributed by atoms with van der Waals surface area (Å²) >= 11 is 3.45. The zero-order chi connectivity index (χ0) is 10.4. The molecule has 0 saturated carbocycles. The van der Waals surface area contributed by atoms with Crippen molar-refractivity contribution in [1.29, 1.82) is 0 Å². The van der Waals surface area contributed by atoms with Crippen molar-refractivity contribution in [3.05, 3.63) is 34.3 Å². The Morgan fingerprint density at radius 1 is 1.50 bits per heavy atom. The first-order valence-electron chi connectivity index (χ1n) is 4.77. The Kier molecular flexibility index (Phi) is 5.15. The SMILES string of the molecule is CCNCC(OC)c1cccc(Br)c1. The number of hydrogen-bond donors (Lipinski definition) is 1. The highest BCUT2D eigenvalue weighted by molar-refractivity contribution is 9.10. The molecule has 0 spiro atoms. The number of rotatable bonds is 5. The average molecular weight is 258 g/mol. The normalized spacial score (nSPS) is 12.8. The molecule has 0 aliphatic heterocycles. The summed E-state index contributed by atoms with van der Waals surface area (Å²) in [5.74, 6) is 0. The molecule has 0 heterocycles.